The summed E-state index contributed by atoms with van der Waals surface area (Å²) in [5, 5.41) is 0. The van der Waals surface area contributed by atoms with E-state index in [0.29, 0.717) is 21.4 Å². The first-order chi connectivity index (χ1) is 10.9. The van der Waals surface area contributed by atoms with E-state index in [9.17, 15) is 9.59 Å². The van der Waals surface area contributed by atoms with Crippen molar-refractivity contribution in [2.45, 2.75) is 0 Å². The molecule has 0 bridgehead atoms. The third-order valence-electron chi connectivity index (χ3n) is 3.87. The minimum atomic E-state index is 0.00546. The highest BCUT2D eigenvalue weighted by Gasteiger charge is 2.43. The Balaban J connectivity index is 0.000000227. The van der Waals surface area contributed by atoms with Crippen molar-refractivity contribution in [3.05, 3.63) is 23.2 Å². The first-order valence-corrected chi connectivity index (χ1v) is 8.46. The van der Waals surface area contributed by atoms with Crippen LogP contribution in [-0.4, -0.2) is 88.9 Å². The van der Waals surface area contributed by atoms with Gasteiger partial charge in [0.25, 0.3) is 0 Å². The fourth-order valence-electron chi connectivity index (χ4n) is 2.28. The van der Waals surface area contributed by atoms with Gasteiger partial charge in [-0.2, -0.15) is 0 Å². The van der Waals surface area contributed by atoms with Crippen LogP contribution in [0.25, 0.3) is 0 Å². The van der Waals surface area contributed by atoms with Gasteiger partial charge >= 0.3 is 0 Å². The van der Waals surface area contributed by atoms with E-state index in [0.717, 1.165) is 39.3 Å². The zero-order valence-electron chi connectivity index (χ0n) is 13.3. The molecule has 3 saturated heterocycles. The minimum absolute atomic E-state index is 0.00546. The van der Waals surface area contributed by atoms with Crippen LogP contribution in [-0.2, 0) is 9.59 Å². The van der Waals surface area contributed by atoms with Gasteiger partial charge in [0, 0.05) is 59.4 Å². The van der Waals surface area contributed by atoms with Crippen LogP contribution >= 0.6 is 24.8 Å². The lowest BCUT2D eigenvalue weighted by Crippen LogP contribution is -2.29. The molecule has 124 valence electrons. The maximum atomic E-state index is 12.4. The largest absolute Gasteiger partial charge is 0.365 e. The smallest absolute Gasteiger partial charge is 0.227 e. The minimum Gasteiger partial charge on any atom is -0.365 e. The molecule has 1 aliphatic carbocycles. The van der Waals surface area contributed by atoms with Crippen LogP contribution in [0.15, 0.2) is 23.2 Å². The standard InChI is InChI=1S/C12H13N3O2.C3H7NS2/c16-9-7-8(13-1-2-13)12(17)11(15-5-6-15)10(9)14-3-4-14;1-4(2)3(5)6/h7H,1-6H2;1-2H3,(H,5,6). The van der Waals surface area contributed by atoms with Crippen molar-refractivity contribution in [1.82, 2.24) is 19.6 Å². The molecule has 4 aliphatic rings. The molecule has 4 rings (SSSR count). The van der Waals surface area contributed by atoms with Gasteiger partial charge < -0.3 is 19.6 Å². The Kier molecular flexibility index (Phi) is 4.37. The molecule has 23 heavy (non-hydrogen) atoms. The number of hydrogen-bond donors (Lipinski definition) is 1. The van der Waals surface area contributed by atoms with E-state index in [1.165, 1.54) is 6.08 Å². The number of rotatable bonds is 3. The first kappa shape index (κ1) is 16.3. The Hall–Kier alpha value is -1.54. The monoisotopic (exact) mass is 352 g/mol. The number of thiol groups is 1. The summed E-state index contributed by atoms with van der Waals surface area (Å²) in [6, 6.07) is 0. The number of ketones is 2. The molecule has 3 aliphatic heterocycles. The predicted molar refractivity (Wildman–Crippen MR) is 95.1 cm³/mol. The number of allylic oxidation sites excluding steroid dienone is 1. The molecular formula is C15H20N4O2S2. The van der Waals surface area contributed by atoms with Gasteiger partial charge in [-0.3, -0.25) is 9.59 Å². The zero-order chi connectivity index (χ0) is 16.7. The molecule has 0 N–H and O–H groups in total. The van der Waals surface area contributed by atoms with Crippen molar-refractivity contribution in [2.24, 2.45) is 0 Å². The maximum absolute atomic E-state index is 12.4. The second-order valence-corrected chi connectivity index (χ2v) is 7.17. The fourth-order valence-corrected chi connectivity index (χ4v) is 2.28. The lowest BCUT2D eigenvalue weighted by Gasteiger charge is -2.21. The summed E-state index contributed by atoms with van der Waals surface area (Å²) in [6.07, 6.45) is 1.52. The van der Waals surface area contributed by atoms with E-state index in [-0.39, 0.29) is 11.6 Å². The summed E-state index contributed by atoms with van der Waals surface area (Å²) in [5.74, 6) is 0.0485. The fraction of sp³-hybridized carbons (Fsp3) is 0.533. The van der Waals surface area contributed by atoms with Crippen LogP contribution in [0.3, 0.4) is 0 Å². The van der Waals surface area contributed by atoms with E-state index in [1.54, 1.807) is 4.90 Å². The molecule has 0 aromatic rings. The molecule has 8 heteroatoms. The van der Waals surface area contributed by atoms with Gasteiger partial charge in [0.15, 0.2) is 0 Å². The van der Waals surface area contributed by atoms with Gasteiger partial charge in [-0.25, -0.2) is 0 Å². The number of Topliss-reactive ketones (excluding diaryl/α,β-unsaturated/α-hetero) is 1. The Morgan fingerprint density at radius 1 is 1.00 bits per heavy atom. The number of thiocarbonyl (C=S) groups is 1. The van der Waals surface area contributed by atoms with E-state index in [2.05, 4.69) is 24.8 Å². The van der Waals surface area contributed by atoms with E-state index in [4.69, 9.17) is 0 Å². The Morgan fingerprint density at radius 2 is 1.43 bits per heavy atom. The molecule has 0 amide bonds. The molecule has 6 nitrogen and oxygen atoms in total. The van der Waals surface area contributed by atoms with Gasteiger partial charge in [0.05, 0.1) is 5.70 Å². The summed E-state index contributed by atoms with van der Waals surface area (Å²) < 4.78 is 0.620. The quantitative estimate of drug-likeness (QED) is 0.331. The SMILES string of the molecule is CN(C)C(=S)S.O=C1C=C(N2CC2)C(=O)C(N2CC2)=C1N1CC1. The molecule has 3 heterocycles. The summed E-state index contributed by atoms with van der Waals surface area (Å²) in [7, 11) is 3.71. The van der Waals surface area contributed by atoms with E-state index >= 15 is 0 Å². The summed E-state index contributed by atoms with van der Waals surface area (Å²) in [6.45, 7) is 5.41. The predicted octanol–water partition coefficient (Wildman–Crippen LogP) is -0.0568. The normalized spacial score (nSPS) is 21.7. The number of nitrogens with zero attached hydrogens (tertiary/aromatic N) is 4. The molecular weight excluding hydrogens is 332 g/mol. The van der Waals surface area contributed by atoms with Gasteiger partial charge in [0.1, 0.15) is 15.7 Å². The molecule has 0 atom stereocenters. The van der Waals surface area contributed by atoms with Gasteiger partial charge in [-0.1, -0.05) is 12.2 Å². The number of carbonyl (C=O) groups is 2. The Bertz CT molecular complexity index is 629. The second-order valence-electron chi connectivity index (χ2n) is 6.06. The number of carbonyl (C=O) groups excluding carboxylic acids is 2. The van der Waals surface area contributed by atoms with Crippen LogP contribution in [0.1, 0.15) is 0 Å². The van der Waals surface area contributed by atoms with Crippen molar-refractivity contribution in [2.75, 3.05) is 53.4 Å². The van der Waals surface area contributed by atoms with Crippen LogP contribution < -0.4 is 0 Å². The first-order valence-electron chi connectivity index (χ1n) is 7.60. The molecule has 0 aromatic carbocycles. The summed E-state index contributed by atoms with van der Waals surface area (Å²) in [5.41, 5.74) is 1.89. The highest BCUT2D eigenvalue weighted by molar-refractivity contribution is 8.10. The molecule has 0 unspecified atom stereocenters. The zero-order valence-corrected chi connectivity index (χ0v) is 15.0. The highest BCUT2D eigenvalue weighted by Crippen LogP contribution is 2.33. The van der Waals surface area contributed by atoms with Crippen LogP contribution in [0, 0.1) is 0 Å². The molecule has 3 fully saturated rings. The third kappa shape index (κ3) is 3.69. The van der Waals surface area contributed by atoms with Crippen LogP contribution in [0.5, 0.6) is 0 Å². The second kappa shape index (κ2) is 6.16. The average Bonchev–Trinajstić information content (AvgIpc) is 3.36. The summed E-state index contributed by atoms with van der Waals surface area (Å²) in [4.78, 5) is 32.2. The lowest BCUT2D eigenvalue weighted by atomic mass is 10.0. The van der Waals surface area contributed by atoms with Crippen LogP contribution in [0.2, 0.25) is 0 Å². The van der Waals surface area contributed by atoms with Gasteiger partial charge in [-0.15, -0.1) is 12.6 Å². The molecule has 0 radical (unpaired) electrons. The van der Waals surface area contributed by atoms with Crippen molar-refractivity contribution in [3.63, 3.8) is 0 Å². The van der Waals surface area contributed by atoms with Crippen molar-refractivity contribution in [1.29, 1.82) is 0 Å². The van der Waals surface area contributed by atoms with Crippen molar-refractivity contribution < 1.29 is 9.59 Å². The van der Waals surface area contributed by atoms with E-state index < -0.39 is 0 Å². The van der Waals surface area contributed by atoms with Crippen molar-refractivity contribution >= 4 is 40.7 Å². The van der Waals surface area contributed by atoms with Gasteiger partial charge in [-0.05, 0) is 0 Å². The lowest BCUT2D eigenvalue weighted by molar-refractivity contribution is -0.117. The Labute approximate surface area is 146 Å². The average molecular weight is 352 g/mol. The highest BCUT2D eigenvalue weighted by atomic mass is 32.1. The summed E-state index contributed by atoms with van der Waals surface area (Å²) >= 11 is 8.46. The van der Waals surface area contributed by atoms with Gasteiger partial charge in [0.2, 0.25) is 11.6 Å². The Morgan fingerprint density at radius 3 is 1.83 bits per heavy atom. The molecule has 0 saturated carbocycles. The molecule has 0 spiro atoms. The molecule has 0 aromatic heterocycles. The maximum Gasteiger partial charge on any atom is 0.227 e. The van der Waals surface area contributed by atoms with Crippen molar-refractivity contribution in [3.8, 4) is 0 Å². The third-order valence-corrected chi connectivity index (χ3v) is 4.64. The van der Waals surface area contributed by atoms with E-state index in [1.807, 2.05) is 28.8 Å². The van der Waals surface area contributed by atoms with Crippen LogP contribution in [0.4, 0.5) is 0 Å². The number of hydrogen-bond acceptors (Lipinski definition) is 6. The topological polar surface area (TPSA) is 46.4 Å².